The molecule has 0 fully saturated rings. The van der Waals surface area contributed by atoms with Crippen molar-refractivity contribution >= 4 is 22.8 Å². The number of hydrogen-bond donors (Lipinski definition) is 0. The van der Waals surface area contributed by atoms with Crippen molar-refractivity contribution in [2.75, 3.05) is 0 Å². The molecule has 0 unspecified atom stereocenters. The fourth-order valence-corrected chi connectivity index (χ4v) is 3.50. The number of carbonyl (C=O) groups excluding carboxylic acids is 1. The number of benzene rings is 1. The van der Waals surface area contributed by atoms with Crippen molar-refractivity contribution < 1.29 is 9.72 Å². The summed E-state index contributed by atoms with van der Waals surface area (Å²) >= 11 is 1.35. The Kier molecular flexibility index (Phi) is 3.10. The molecule has 1 aromatic carbocycles. The largest absolute Gasteiger partial charge is 0.293 e. The predicted octanol–water partition coefficient (Wildman–Crippen LogP) is 3.55. The summed E-state index contributed by atoms with van der Waals surface area (Å²) < 4.78 is 0. The van der Waals surface area contributed by atoms with Crippen LogP contribution < -0.4 is 0 Å². The third-order valence-electron chi connectivity index (χ3n) is 3.43. The maximum Gasteiger partial charge on any atom is 0.270 e. The van der Waals surface area contributed by atoms with Crippen molar-refractivity contribution in [1.82, 2.24) is 4.98 Å². The molecule has 2 aromatic rings. The lowest BCUT2D eigenvalue weighted by atomic mass is 10.0. The molecule has 1 aromatic heterocycles. The van der Waals surface area contributed by atoms with Gasteiger partial charge in [-0.25, -0.2) is 4.98 Å². The summed E-state index contributed by atoms with van der Waals surface area (Å²) in [6.07, 6.45) is 2.22. The second-order valence-electron chi connectivity index (χ2n) is 4.83. The Labute approximate surface area is 119 Å². The Bertz CT molecular complexity index is 721. The minimum atomic E-state index is -0.415. The van der Waals surface area contributed by atoms with Crippen LogP contribution in [0.1, 0.15) is 33.8 Å². The fourth-order valence-electron chi connectivity index (χ4n) is 2.34. The van der Waals surface area contributed by atoms with Crippen molar-refractivity contribution in [2.24, 2.45) is 0 Å². The second-order valence-corrected chi connectivity index (χ2v) is 5.83. The average molecular weight is 288 g/mol. The van der Waals surface area contributed by atoms with E-state index in [0.717, 1.165) is 34.5 Å². The number of aromatic nitrogens is 1. The van der Waals surface area contributed by atoms with Gasteiger partial charge in [0.05, 0.1) is 15.5 Å². The normalized spacial score (nSPS) is 14.2. The average Bonchev–Trinajstić information content (AvgIpc) is 2.84. The minimum Gasteiger partial charge on any atom is -0.293 e. The molecule has 6 heteroatoms. The van der Waals surface area contributed by atoms with Gasteiger partial charge in [0.15, 0.2) is 5.78 Å². The molecule has 0 amide bonds. The fraction of sp³-hybridized carbons (Fsp3) is 0.286. The highest BCUT2D eigenvalue weighted by Crippen LogP contribution is 2.35. The van der Waals surface area contributed by atoms with Crippen molar-refractivity contribution in [2.45, 2.75) is 26.2 Å². The van der Waals surface area contributed by atoms with Crippen LogP contribution in [0.25, 0.3) is 10.6 Å². The summed E-state index contributed by atoms with van der Waals surface area (Å²) in [5.41, 5.74) is 2.55. The Morgan fingerprint density at radius 3 is 2.85 bits per heavy atom. The van der Waals surface area contributed by atoms with Gasteiger partial charge in [-0.2, -0.15) is 0 Å². The van der Waals surface area contributed by atoms with Crippen molar-refractivity contribution in [1.29, 1.82) is 0 Å². The lowest BCUT2D eigenvalue weighted by Gasteiger charge is -2.06. The number of rotatable bonds is 2. The van der Waals surface area contributed by atoms with E-state index in [4.69, 9.17) is 0 Å². The maximum absolute atomic E-state index is 11.9. The highest BCUT2D eigenvalue weighted by atomic mass is 32.1. The van der Waals surface area contributed by atoms with Gasteiger partial charge in [0.1, 0.15) is 5.01 Å². The Morgan fingerprint density at radius 2 is 2.15 bits per heavy atom. The van der Waals surface area contributed by atoms with E-state index in [2.05, 4.69) is 4.98 Å². The summed E-state index contributed by atoms with van der Waals surface area (Å²) in [5.74, 6) is 0.137. The van der Waals surface area contributed by atoms with Crippen LogP contribution in [0.2, 0.25) is 0 Å². The maximum atomic E-state index is 11.9. The molecule has 102 valence electrons. The number of hydrogen-bond acceptors (Lipinski definition) is 5. The number of fused-ring (bicyclic) bond motifs is 1. The smallest absolute Gasteiger partial charge is 0.270 e. The summed E-state index contributed by atoms with van der Waals surface area (Å²) in [4.78, 5) is 27.5. The van der Waals surface area contributed by atoms with Crippen LogP contribution in [-0.4, -0.2) is 15.7 Å². The number of ketones is 1. The molecular formula is C14H12N2O3S. The topological polar surface area (TPSA) is 73.1 Å². The van der Waals surface area contributed by atoms with E-state index in [1.165, 1.54) is 23.5 Å². The molecule has 0 spiro atoms. The zero-order valence-electron chi connectivity index (χ0n) is 10.9. The van der Waals surface area contributed by atoms with Gasteiger partial charge in [0, 0.05) is 24.1 Å². The van der Waals surface area contributed by atoms with Crippen molar-refractivity contribution in [3.05, 3.63) is 44.4 Å². The monoisotopic (exact) mass is 288 g/mol. The van der Waals surface area contributed by atoms with E-state index in [0.29, 0.717) is 11.4 Å². The highest BCUT2D eigenvalue weighted by molar-refractivity contribution is 7.17. The van der Waals surface area contributed by atoms with Crippen LogP contribution in [0, 0.1) is 17.0 Å². The van der Waals surface area contributed by atoms with Gasteiger partial charge in [-0.3, -0.25) is 14.9 Å². The van der Waals surface area contributed by atoms with Gasteiger partial charge >= 0.3 is 0 Å². The third-order valence-corrected chi connectivity index (χ3v) is 4.60. The Morgan fingerprint density at radius 1 is 1.35 bits per heavy atom. The van der Waals surface area contributed by atoms with Gasteiger partial charge in [-0.1, -0.05) is 6.07 Å². The molecule has 0 saturated carbocycles. The van der Waals surface area contributed by atoms with Crippen molar-refractivity contribution in [3.8, 4) is 10.6 Å². The van der Waals surface area contributed by atoms with Crippen LogP contribution in [-0.2, 0) is 6.42 Å². The number of carbonyl (C=O) groups is 1. The van der Waals surface area contributed by atoms with Crippen LogP contribution in [0.5, 0.6) is 0 Å². The Balaban J connectivity index is 2.11. The van der Waals surface area contributed by atoms with E-state index in [-0.39, 0.29) is 11.5 Å². The van der Waals surface area contributed by atoms with Gasteiger partial charge in [0.2, 0.25) is 0 Å². The second kappa shape index (κ2) is 4.79. The predicted molar refractivity (Wildman–Crippen MR) is 76.2 cm³/mol. The molecule has 0 atom stereocenters. The van der Waals surface area contributed by atoms with Gasteiger partial charge in [-0.15, -0.1) is 11.3 Å². The molecular weight excluding hydrogens is 276 g/mol. The lowest BCUT2D eigenvalue weighted by Crippen LogP contribution is -2.07. The number of non-ortho nitro benzene ring substituents is 1. The molecule has 0 radical (unpaired) electrons. The summed E-state index contributed by atoms with van der Waals surface area (Å²) in [7, 11) is 0. The quantitative estimate of drug-likeness (QED) is 0.625. The van der Waals surface area contributed by atoms with Gasteiger partial charge < -0.3 is 0 Å². The first-order chi connectivity index (χ1) is 9.56. The molecule has 0 saturated heterocycles. The number of nitro groups is 1. The molecule has 1 heterocycles. The van der Waals surface area contributed by atoms with E-state index in [1.807, 2.05) is 6.92 Å². The third kappa shape index (κ3) is 2.12. The Hall–Kier alpha value is -2.08. The highest BCUT2D eigenvalue weighted by Gasteiger charge is 2.23. The number of aryl methyl sites for hydroxylation is 2. The van der Waals surface area contributed by atoms with E-state index in [1.54, 1.807) is 6.07 Å². The van der Waals surface area contributed by atoms with Crippen molar-refractivity contribution in [3.63, 3.8) is 0 Å². The molecule has 5 nitrogen and oxygen atoms in total. The molecule has 0 aliphatic heterocycles. The van der Waals surface area contributed by atoms with Gasteiger partial charge in [-0.05, 0) is 25.3 Å². The zero-order chi connectivity index (χ0) is 14.3. The van der Waals surface area contributed by atoms with Crippen LogP contribution in [0.4, 0.5) is 5.69 Å². The van der Waals surface area contributed by atoms with Crippen LogP contribution in [0.15, 0.2) is 18.2 Å². The van der Waals surface area contributed by atoms with E-state index < -0.39 is 4.92 Å². The molecule has 1 aliphatic rings. The number of nitro benzene ring substituents is 1. The molecule has 0 bridgehead atoms. The first-order valence-corrected chi connectivity index (χ1v) is 7.16. The number of thiazole rings is 1. The number of nitrogens with zero attached hydrogens (tertiary/aromatic N) is 2. The molecule has 1 aliphatic carbocycles. The number of Topliss-reactive ketones (excluding diaryl/α,β-unsaturated/α-hetero) is 1. The first kappa shape index (κ1) is 12.9. The lowest BCUT2D eigenvalue weighted by molar-refractivity contribution is -0.384. The van der Waals surface area contributed by atoms with Gasteiger partial charge in [0.25, 0.3) is 5.69 Å². The molecule has 0 N–H and O–H groups in total. The first-order valence-electron chi connectivity index (χ1n) is 6.34. The zero-order valence-corrected chi connectivity index (χ0v) is 11.7. The van der Waals surface area contributed by atoms with E-state index in [9.17, 15) is 14.9 Å². The minimum absolute atomic E-state index is 0.0464. The van der Waals surface area contributed by atoms with E-state index >= 15 is 0 Å². The summed E-state index contributed by atoms with van der Waals surface area (Å²) in [6, 6.07) is 4.73. The molecule has 3 rings (SSSR count). The molecule has 20 heavy (non-hydrogen) atoms. The van der Waals surface area contributed by atoms with Crippen LogP contribution >= 0.6 is 11.3 Å². The summed E-state index contributed by atoms with van der Waals surface area (Å²) in [6.45, 7) is 1.89. The standard InChI is InChI=1S/C14H12N2O3S/c1-8-5-6-9(16(18)19)7-10(8)14-15-11-3-2-4-12(17)13(11)20-14/h5-7H,2-4H2,1H3. The SMILES string of the molecule is Cc1ccc([N+](=O)[O-])cc1-c1nc2c(s1)C(=O)CCC2. The summed E-state index contributed by atoms with van der Waals surface area (Å²) in [5, 5.41) is 11.6. The van der Waals surface area contributed by atoms with Crippen LogP contribution in [0.3, 0.4) is 0 Å².